The summed E-state index contributed by atoms with van der Waals surface area (Å²) in [6.45, 7) is 1.98. The van der Waals surface area contributed by atoms with Crippen molar-refractivity contribution in [1.82, 2.24) is 25.2 Å². The van der Waals surface area contributed by atoms with Crippen LogP contribution in [0.2, 0.25) is 0 Å². The smallest absolute Gasteiger partial charge is 0.263 e. The van der Waals surface area contributed by atoms with Crippen molar-refractivity contribution in [1.29, 1.82) is 0 Å². The highest BCUT2D eigenvalue weighted by Gasteiger charge is 2.18. The highest BCUT2D eigenvalue weighted by molar-refractivity contribution is 5.94. The first-order valence-electron chi connectivity index (χ1n) is 10.3. The van der Waals surface area contributed by atoms with Crippen LogP contribution in [0.15, 0.2) is 77.7 Å². The molecule has 1 unspecified atom stereocenters. The van der Waals surface area contributed by atoms with Crippen LogP contribution in [0.5, 0.6) is 0 Å². The Morgan fingerprint density at radius 1 is 1.03 bits per heavy atom. The van der Waals surface area contributed by atoms with Gasteiger partial charge in [-0.25, -0.2) is 4.98 Å². The first-order chi connectivity index (χ1) is 15.5. The van der Waals surface area contributed by atoms with E-state index < -0.39 is 17.5 Å². The molecule has 3 N–H and O–H groups in total. The van der Waals surface area contributed by atoms with E-state index in [4.69, 9.17) is 0 Å². The van der Waals surface area contributed by atoms with E-state index >= 15 is 0 Å². The molecule has 1 atom stereocenters. The summed E-state index contributed by atoms with van der Waals surface area (Å²) in [7, 11) is 0. The standard InChI is InChI=1S/C24H23N5O3/c1-16(22-27-19-11-5-6-12-20(19)28-22)26-23(31)18-10-7-13-29(24(18)32)15-21(30)25-14-17-8-3-2-4-9-17/h2-13,16H,14-15H2,1H3,(H,25,30)(H,26,31)(H,27,28). The number of aromatic amines is 1. The highest BCUT2D eigenvalue weighted by Crippen LogP contribution is 2.15. The predicted molar refractivity (Wildman–Crippen MR) is 121 cm³/mol. The second-order valence-electron chi connectivity index (χ2n) is 7.45. The molecule has 4 rings (SSSR count). The molecule has 0 spiro atoms. The van der Waals surface area contributed by atoms with Gasteiger partial charge in [-0.3, -0.25) is 14.4 Å². The van der Waals surface area contributed by atoms with E-state index in [9.17, 15) is 14.4 Å². The Labute approximate surface area is 184 Å². The third-order valence-electron chi connectivity index (χ3n) is 5.08. The minimum Gasteiger partial charge on any atom is -0.350 e. The largest absolute Gasteiger partial charge is 0.350 e. The van der Waals surface area contributed by atoms with Crippen LogP contribution in [0, 0.1) is 0 Å². The predicted octanol–water partition coefficient (Wildman–Crippen LogP) is 2.53. The first-order valence-corrected chi connectivity index (χ1v) is 10.3. The Kier molecular flexibility index (Phi) is 6.12. The van der Waals surface area contributed by atoms with Crippen LogP contribution >= 0.6 is 0 Å². The van der Waals surface area contributed by atoms with Crippen molar-refractivity contribution in [2.45, 2.75) is 26.1 Å². The van der Waals surface area contributed by atoms with E-state index in [-0.39, 0.29) is 18.0 Å². The fourth-order valence-electron chi connectivity index (χ4n) is 3.36. The number of pyridine rings is 1. The molecule has 0 saturated heterocycles. The Hall–Kier alpha value is -4.20. The number of H-pyrrole nitrogens is 1. The number of hydrogen-bond donors (Lipinski definition) is 3. The average molecular weight is 429 g/mol. The molecular formula is C24H23N5O3. The molecule has 0 aliphatic carbocycles. The summed E-state index contributed by atoms with van der Waals surface area (Å²) in [6, 6.07) is 19.6. The number of hydrogen-bond acceptors (Lipinski definition) is 4. The molecule has 0 aliphatic heterocycles. The van der Waals surface area contributed by atoms with E-state index in [2.05, 4.69) is 20.6 Å². The molecule has 2 aromatic carbocycles. The van der Waals surface area contributed by atoms with Gasteiger partial charge >= 0.3 is 0 Å². The summed E-state index contributed by atoms with van der Waals surface area (Å²) < 4.78 is 1.22. The topological polar surface area (TPSA) is 109 Å². The van der Waals surface area contributed by atoms with Crippen LogP contribution < -0.4 is 16.2 Å². The SMILES string of the molecule is CC(NC(=O)c1cccn(CC(=O)NCc2ccccc2)c1=O)c1nc2ccccc2[nH]1. The zero-order valence-electron chi connectivity index (χ0n) is 17.5. The van der Waals surface area contributed by atoms with Gasteiger partial charge in [-0.2, -0.15) is 0 Å². The normalized spacial score (nSPS) is 11.8. The Balaban J connectivity index is 1.42. The van der Waals surface area contributed by atoms with Gasteiger partial charge in [0.25, 0.3) is 11.5 Å². The van der Waals surface area contributed by atoms with Crippen LogP contribution in [0.25, 0.3) is 11.0 Å². The van der Waals surface area contributed by atoms with Crippen LogP contribution in [0.4, 0.5) is 0 Å². The van der Waals surface area contributed by atoms with E-state index in [0.717, 1.165) is 16.6 Å². The zero-order valence-corrected chi connectivity index (χ0v) is 17.5. The van der Waals surface area contributed by atoms with Crippen LogP contribution in [0.1, 0.15) is 34.7 Å². The number of para-hydroxylation sites is 2. The van der Waals surface area contributed by atoms with Gasteiger partial charge in [0.05, 0.1) is 17.1 Å². The summed E-state index contributed by atoms with van der Waals surface area (Å²) >= 11 is 0. The molecule has 8 heteroatoms. The van der Waals surface area contributed by atoms with Crippen molar-refractivity contribution in [3.63, 3.8) is 0 Å². The maximum atomic E-state index is 12.8. The Morgan fingerprint density at radius 3 is 2.56 bits per heavy atom. The number of nitrogens with zero attached hydrogens (tertiary/aromatic N) is 2. The molecule has 0 aliphatic rings. The van der Waals surface area contributed by atoms with E-state index in [1.165, 1.54) is 16.8 Å². The molecule has 0 radical (unpaired) electrons. The van der Waals surface area contributed by atoms with Crippen LogP contribution in [-0.4, -0.2) is 26.3 Å². The van der Waals surface area contributed by atoms with Crippen LogP contribution in [0.3, 0.4) is 0 Å². The van der Waals surface area contributed by atoms with Gasteiger partial charge in [-0.05, 0) is 36.8 Å². The monoisotopic (exact) mass is 429 g/mol. The summed E-state index contributed by atoms with van der Waals surface area (Å²) in [5.41, 5.74) is 2.06. The number of aromatic nitrogens is 3. The molecule has 8 nitrogen and oxygen atoms in total. The van der Waals surface area contributed by atoms with Gasteiger partial charge in [0.1, 0.15) is 17.9 Å². The molecule has 2 heterocycles. The number of rotatable bonds is 7. The summed E-state index contributed by atoms with van der Waals surface area (Å²) in [5, 5.41) is 5.57. The zero-order chi connectivity index (χ0) is 22.5. The molecule has 0 saturated carbocycles. The number of nitrogens with one attached hydrogen (secondary N) is 3. The van der Waals surface area contributed by atoms with E-state index in [0.29, 0.717) is 12.4 Å². The molecule has 162 valence electrons. The molecule has 2 aromatic heterocycles. The lowest BCUT2D eigenvalue weighted by Gasteiger charge is -2.12. The summed E-state index contributed by atoms with van der Waals surface area (Å²) in [6.07, 6.45) is 1.49. The minimum atomic E-state index is -0.531. The number of benzene rings is 2. The van der Waals surface area contributed by atoms with Gasteiger partial charge in [-0.15, -0.1) is 0 Å². The lowest BCUT2D eigenvalue weighted by Crippen LogP contribution is -2.37. The van der Waals surface area contributed by atoms with E-state index in [1.54, 1.807) is 13.0 Å². The summed E-state index contributed by atoms with van der Waals surface area (Å²) in [5.74, 6) is -0.248. The second-order valence-corrected chi connectivity index (χ2v) is 7.45. The maximum Gasteiger partial charge on any atom is 0.263 e. The van der Waals surface area contributed by atoms with Gasteiger partial charge in [0.15, 0.2) is 0 Å². The van der Waals surface area contributed by atoms with E-state index in [1.807, 2.05) is 54.6 Å². The van der Waals surface area contributed by atoms with Crippen molar-refractivity contribution in [3.8, 4) is 0 Å². The fourth-order valence-corrected chi connectivity index (χ4v) is 3.36. The number of amides is 2. The lowest BCUT2D eigenvalue weighted by atomic mass is 10.2. The fraction of sp³-hybridized carbons (Fsp3) is 0.167. The third-order valence-corrected chi connectivity index (χ3v) is 5.08. The quantitative estimate of drug-likeness (QED) is 0.419. The Bertz CT molecular complexity index is 1280. The molecule has 0 bridgehead atoms. The number of imidazole rings is 1. The summed E-state index contributed by atoms with van der Waals surface area (Å²) in [4.78, 5) is 45.5. The first kappa shape index (κ1) is 21.0. The number of carbonyl (C=O) groups excluding carboxylic acids is 2. The lowest BCUT2D eigenvalue weighted by molar-refractivity contribution is -0.121. The van der Waals surface area contributed by atoms with Gasteiger partial charge in [0, 0.05) is 12.7 Å². The van der Waals surface area contributed by atoms with Gasteiger partial charge < -0.3 is 20.2 Å². The van der Waals surface area contributed by atoms with Crippen LogP contribution in [-0.2, 0) is 17.9 Å². The highest BCUT2D eigenvalue weighted by atomic mass is 16.2. The second kappa shape index (κ2) is 9.30. The molecular weight excluding hydrogens is 406 g/mol. The number of fused-ring (bicyclic) bond motifs is 1. The van der Waals surface area contributed by atoms with Crippen molar-refractivity contribution >= 4 is 22.8 Å². The molecule has 32 heavy (non-hydrogen) atoms. The van der Waals surface area contributed by atoms with Gasteiger partial charge in [-0.1, -0.05) is 42.5 Å². The van der Waals surface area contributed by atoms with Crippen molar-refractivity contribution in [2.24, 2.45) is 0 Å². The average Bonchev–Trinajstić information content (AvgIpc) is 3.24. The maximum absolute atomic E-state index is 12.8. The van der Waals surface area contributed by atoms with Crippen molar-refractivity contribution in [2.75, 3.05) is 0 Å². The van der Waals surface area contributed by atoms with Gasteiger partial charge in [0.2, 0.25) is 5.91 Å². The molecule has 4 aromatic rings. The minimum absolute atomic E-state index is 0.0358. The van der Waals surface area contributed by atoms with Crippen molar-refractivity contribution < 1.29 is 9.59 Å². The Morgan fingerprint density at radius 2 is 1.78 bits per heavy atom. The molecule has 0 fully saturated rings. The molecule has 2 amide bonds. The third kappa shape index (κ3) is 4.75. The van der Waals surface area contributed by atoms with Crippen molar-refractivity contribution in [3.05, 3.63) is 100 Å². The number of carbonyl (C=O) groups is 2.